The predicted octanol–water partition coefficient (Wildman–Crippen LogP) is 2.85. The molecule has 0 aliphatic rings. The highest BCUT2D eigenvalue weighted by Crippen LogP contribution is 2.18. The summed E-state index contributed by atoms with van der Waals surface area (Å²) in [6.07, 6.45) is 0.355. The minimum Gasteiger partial charge on any atom is -0.457 e. The summed E-state index contributed by atoms with van der Waals surface area (Å²) in [4.78, 5) is 35.0. The number of sulfonamides is 1. The highest BCUT2D eigenvalue weighted by atomic mass is 32.2. The summed E-state index contributed by atoms with van der Waals surface area (Å²) in [6, 6.07) is 11.8. The van der Waals surface area contributed by atoms with Gasteiger partial charge in [0.15, 0.2) is 5.34 Å². The Labute approximate surface area is 256 Å². The van der Waals surface area contributed by atoms with Crippen molar-refractivity contribution in [3.05, 3.63) is 64.1 Å². The Bertz CT molecular complexity index is 1320. The number of ether oxygens (including phenoxy) is 4. The molecule has 0 saturated carbocycles. The van der Waals surface area contributed by atoms with E-state index in [0.29, 0.717) is 44.9 Å². The number of amidine groups is 2. The third-order valence-electron chi connectivity index (χ3n) is 5.50. The fourth-order valence-electron chi connectivity index (χ4n) is 3.38. The lowest BCUT2D eigenvalue weighted by Crippen LogP contribution is -2.24. The summed E-state index contributed by atoms with van der Waals surface area (Å²) < 4.78 is 53.7. The zero-order valence-corrected chi connectivity index (χ0v) is 25.9. The monoisotopic (exact) mass is 641 g/mol. The highest BCUT2D eigenvalue weighted by molar-refractivity contribution is 7.89. The second kappa shape index (κ2) is 21.8. The first-order valence-corrected chi connectivity index (χ1v) is 14.9. The normalized spacial score (nSPS) is 11.8. The number of nitrogens with two attached hydrogens (primary N) is 2. The van der Waals surface area contributed by atoms with Gasteiger partial charge < -0.3 is 29.5 Å². The Morgan fingerprint density at radius 3 is 2.07 bits per heavy atom. The Morgan fingerprint density at radius 1 is 0.886 bits per heavy atom. The number of alkyl halides is 1. The lowest BCUT2D eigenvalue weighted by molar-refractivity contribution is -0.143. The number of nitrogens with zero attached hydrogens (tertiary/aromatic N) is 3. The van der Waals surface area contributed by atoms with E-state index >= 15 is 0 Å². The highest BCUT2D eigenvalue weighted by Gasteiger charge is 2.10. The molecule has 244 valence electrons. The maximum atomic E-state index is 12.1. The number of carbonyl (C=O) groups excluding carboxylic acids is 1. The summed E-state index contributed by atoms with van der Waals surface area (Å²) in [5, 5.41) is 7.43. The van der Waals surface area contributed by atoms with Crippen LogP contribution in [0.2, 0.25) is 0 Å². The van der Waals surface area contributed by atoms with Gasteiger partial charge in [-0.25, -0.2) is 23.5 Å². The molecule has 0 bridgehead atoms. The number of esters is 1. The van der Waals surface area contributed by atoms with Crippen molar-refractivity contribution in [2.24, 2.45) is 26.2 Å². The van der Waals surface area contributed by atoms with Crippen LogP contribution in [-0.2, 0) is 45.0 Å². The van der Waals surface area contributed by atoms with Crippen molar-refractivity contribution in [3.63, 3.8) is 0 Å². The van der Waals surface area contributed by atoms with E-state index in [4.69, 9.17) is 29.8 Å². The summed E-state index contributed by atoms with van der Waals surface area (Å²) in [6.45, 7) is 5.44. The number of primary sulfonamides is 1. The molecule has 0 saturated heterocycles. The second-order valence-electron chi connectivity index (χ2n) is 8.93. The molecule has 2 rings (SSSR count). The zero-order chi connectivity index (χ0) is 32.8. The van der Waals surface area contributed by atoms with E-state index in [9.17, 15) is 22.5 Å². The minimum absolute atomic E-state index is 0.0149. The Morgan fingerprint density at radius 2 is 1.48 bits per heavy atom. The van der Waals surface area contributed by atoms with Crippen LogP contribution < -0.4 is 10.9 Å². The quantitative estimate of drug-likeness (QED) is 0.0573. The number of aryl methyl sites for hydroxylation is 2. The van der Waals surface area contributed by atoms with Crippen molar-refractivity contribution in [2.45, 2.75) is 31.6 Å². The van der Waals surface area contributed by atoms with Gasteiger partial charge in [0.1, 0.15) is 24.9 Å². The molecule has 0 heterocycles. The van der Waals surface area contributed by atoms with E-state index in [1.54, 1.807) is 0 Å². The third-order valence-corrected chi connectivity index (χ3v) is 6.43. The van der Waals surface area contributed by atoms with Gasteiger partial charge in [0, 0.05) is 6.42 Å². The van der Waals surface area contributed by atoms with Gasteiger partial charge in [-0.05, 0) is 49.2 Å². The molecule has 0 spiro atoms. The molecule has 0 unspecified atom stereocenters. The number of aliphatic imine (C=N–C) groups is 2. The summed E-state index contributed by atoms with van der Waals surface area (Å²) in [7, 11) is -3.34. The molecule has 0 radical (unpaired) electrons. The van der Waals surface area contributed by atoms with Crippen LogP contribution in [0, 0.1) is 18.8 Å². The average molecular weight is 642 g/mol. The van der Waals surface area contributed by atoms with Gasteiger partial charge in [-0.3, -0.25) is 9.18 Å². The van der Waals surface area contributed by atoms with Crippen LogP contribution in [0.25, 0.3) is 0 Å². The van der Waals surface area contributed by atoms with Crippen LogP contribution in [0.4, 0.5) is 10.1 Å². The van der Waals surface area contributed by atoms with Gasteiger partial charge in [-0.1, -0.05) is 23.8 Å². The predicted molar refractivity (Wildman–Crippen MR) is 163 cm³/mol. The lowest BCUT2D eigenvalue weighted by atomic mass is 10.0. The van der Waals surface area contributed by atoms with Gasteiger partial charge in [-0.15, -0.1) is 4.91 Å². The summed E-state index contributed by atoms with van der Waals surface area (Å²) in [5.41, 5.74) is 9.60. The van der Waals surface area contributed by atoms with Crippen LogP contribution in [0.5, 0.6) is 0 Å². The number of halogens is 1. The second-order valence-corrected chi connectivity index (χ2v) is 10.5. The summed E-state index contributed by atoms with van der Waals surface area (Å²) >= 11 is 0. The van der Waals surface area contributed by atoms with Crippen molar-refractivity contribution in [1.29, 1.82) is 0 Å². The van der Waals surface area contributed by atoms with E-state index in [1.165, 1.54) is 24.3 Å². The molecule has 0 amide bonds. The van der Waals surface area contributed by atoms with Gasteiger partial charge in [0.05, 0.1) is 63.8 Å². The van der Waals surface area contributed by atoms with Crippen molar-refractivity contribution in [3.8, 4) is 0 Å². The molecular weight excluding hydrogens is 601 g/mol. The molecule has 14 nitrogen and oxygen atoms in total. The molecule has 0 fully saturated rings. The molecule has 2 aromatic rings. The number of carbonyl (C=O) groups is 1. The van der Waals surface area contributed by atoms with E-state index in [2.05, 4.69) is 20.2 Å². The van der Waals surface area contributed by atoms with E-state index in [-0.39, 0.29) is 50.2 Å². The standard InChI is InChI=1S/C27H37N5O9S.CH3F/c1-20-3-4-21(2)22(17-20)18-26(30-23-5-7-24(8-6-23)42(29,35)36)31-25(28)19-40-27(33)9-10-37-11-12-38-13-14-39-15-16-41-32-34;1-2/h3-8,17H,9-16,18-19H2,1-2H3,(H2,28,30,31)(H2,29,35,36);1H3. The molecule has 4 N–H and O–H groups in total. The first-order chi connectivity index (χ1) is 21.1. The molecule has 44 heavy (non-hydrogen) atoms. The molecule has 0 aromatic heterocycles. The number of hydrogen-bond acceptors (Lipinski definition) is 11. The van der Waals surface area contributed by atoms with Gasteiger partial charge in [0.25, 0.3) is 0 Å². The third kappa shape index (κ3) is 16.7. The zero-order valence-electron chi connectivity index (χ0n) is 25.1. The van der Waals surface area contributed by atoms with E-state index in [1.807, 2.05) is 32.0 Å². The fourth-order valence-corrected chi connectivity index (χ4v) is 3.90. The van der Waals surface area contributed by atoms with E-state index < -0.39 is 16.0 Å². The lowest BCUT2D eigenvalue weighted by Gasteiger charge is -2.10. The minimum atomic E-state index is -3.84. The van der Waals surface area contributed by atoms with Crippen molar-refractivity contribution < 1.29 is 41.4 Å². The topological polar surface area (TPSA) is 204 Å². The number of rotatable bonds is 19. The van der Waals surface area contributed by atoms with Crippen LogP contribution in [-0.4, -0.2) is 86.1 Å². The van der Waals surface area contributed by atoms with Gasteiger partial charge >= 0.3 is 5.97 Å². The Hall–Kier alpha value is -3.83. The molecule has 2 aromatic carbocycles. The molecule has 16 heteroatoms. The molecule has 0 aliphatic carbocycles. The molecular formula is C28H40FN5O9S. The number of hydrogen-bond donors (Lipinski definition) is 2. The van der Waals surface area contributed by atoms with Gasteiger partial charge in [0.2, 0.25) is 10.0 Å². The van der Waals surface area contributed by atoms with Crippen LogP contribution in [0.1, 0.15) is 23.1 Å². The van der Waals surface area contributed by atoms with Crippen molar-refractivity contribution in [1.82, 2.24) is 0 Å². The SMILES string of the molecule is CF.Cc1ccc(C)c(CC(N=C(N)COC(=O)CCOCCOCCOCCON=O)=Nc2ccc(S(N)(=O)=O)cc2)c1. The maximum absolute atomic E-state index is 12.1. The summed E-state index contributed by atoms with van der Waals surface area (Å²) in [5.74, 6) is -0.124. The van der Waals surface area contributed by atoms with Gasteiger partial charge in [-0.2, -0.15) is 0 Å². The molecule has 0 atom stereocenters. The Balaban J connectivity index is 0.00000474. The number of benzene rings is 2. The average Bonchev–Trinajstić information content (AvgIpc) is 2.99. The Kier molecular flexibility index (Phi) is 18.9. The molecule has 0 aliphatic heterocycles. The van der Waals surface area contributed by atoms with Crippen LogP contribution >= 0.6 is 0 Å². The van der Waals surface area contributed by atoms with E-state index in [0.717, 1.165) is 16.7 Å². The van der Waals surface area contributed by atoms with Crippen LogP contribution in [0.3, 0.4) is 0 Å². The van der Waals surface area contributed by atoms with Crippen LogP contribution in [0.15, 0.2) is 62.7 Å². The fraction of sp³-hybridized carbons (Fsp3) is 0.464. The largest absolute Gasteiger partial charge is 0.457 e. The first kappa shape index (κ1) is 38.2. The first-order valence-electron chi connectivity index (χ1n) is 13.4. The maximum Gasteiger partial charge on any atom is 0.308 e. The smallest absolute Gasteiger partial charge is 0.308 e. The van der Waals surface area contributed by atoms with Crippen molar-refractivity contribution in [2.75, 3.05) is 60.0 Å². The van der Waals surface area contributed by atoms with Crippen molar-refractivity contribution >= 4 is 33.4 Å².